The molecule has 0 unspecified atom stereocenters. The first-order valence-corrected chi connectivity index (χ1v) is 8.72. The van der Waals surface area contributed by atoms with Crippen molar-refractivity contribution in [3.8, 4) is 17.2 Å². The maximum Gasteiger partial charge on any atom is 0.340 e. The number of nitrogens with one attached hydrogen (secondary N) is 2. The van der Waals surface area contributed by atoms with Gasteiger partial charge in [0.05, 0.1) is 34.0 Å². The Kier molecular flexibility index (Phi) is 6.64. The number of thiocarbonyl (C=S) groups is 1. The lowest BCUT2D eigenvalue weighted by atomic mass is 10.2. The summed E-state index contributed by atoms with van der Waals surface area (Å²) in [6, 6.07) is 5.22. The van der Waals surface area contributed by atoms with Crippen LogP contribution in [0.25, 0.3) is 0 Å². The lowest BCUT2D eigenvalue weighted by Crippen LogP contribution is -2.20. The van der Waals surface area contributed by atoms with Gasteiger partial charge in [0.25, 0.3) is 0 Å². The SMILES string of the molecule is COC(=O)c1cc(C)sc1NC(=S)Nc1cc(OC)c(OC)c(OC)c1. The predicted octanol–water partition coefficient (Wildman–Crippen LogP) is 3.68. The van der Waals surface area contributed by atoms with E-state index in [2.05, 4.69) is 10.6 Å². The monoisotopic (exact) mass is 396 g/mol. The maximum atomic E-state index is 11.9. The molecule has 0 aliphatic carbocycles. The van der Waals surface area contributed by atoms with Crippen molar-refractivity contribution in [3.63, 3.8) is 0 Å². The molecule has 0 atom stereocenters. The summed E-state index contributed by atoms with van der Waals surface area (Å²) in [5.41, 5.74) is 1.08. The molecule has 0 fully saturated rings. The number of aryl methyl sites for hydroxylation is 1. The molecule has 7 nitrogen and oxygen atoms in total. The van der Waals surface area contributed by atoms with E-state index in [0.29, 0.717) is 38.6 Å². The summed E-state index contributed by atoms with van der Waals surface area (Å²) in [4.78, 5) is 12.8. The van der Waals surface area contributed by atoms with Crippen molar-refractivity contribution < 1.29 is 23.7 Å². The number of hydrogen-bond donors (Lipinski definition) is 2. The van der Waals surface area contributed by atoms with Crippen molar-refractivity contribution >= 4 is 45.3 Å². The average molecular weight is 396 g/mol. The first kappa shape index (κ1) is 19.8. The van der Waals surface area contributed by atoms with Gasteiger partial charge >= 0.3 is 5.97 Å². The van der Waals surface area contributed by atoms with E-state index in [1.807, 2.05) is 6.92 Å². The Morgan fingerprint density at radius 3 is 2.12 bits per heavy atom. The van der Waals surface area contributed by atoms with Gasteiger partial charge in [0.15, 0.2) is 16.6 Å². The molecule has 26 heavy (non-hydrogen) atoms. The Bertz CT molecular complexity index is 794. The van der Waals surface area contributed by atoms with Gasteiger partial charge in [-0.15, -0.1) is 11.3 Å². The maximum absolute atomic E-state index is 11.9. The summed E-state index contributed by atoms with van der Waals surface area (Å²) < 4.78 is 20.7. The lowest BCUT2D eigenvalue weighted by Gasteiger charge is -2.16. The van der Waals surface area contributed by atoms with Gasteiger partial charge in [-0.2, -0.15) is 0 Å². The molecule has 0 radical (unpaired) electrons. The van der Waals surface area contributed by atoms with Crippen LogP contribution in [0.3, 0.4) is 0 Å². The zero-order chi connectivity index (χ0) is 19.3. The molecule has 0 aliphatic heterocycles. The number of hydrogen-bond acceptors (Lipinski definition) is 7. The molecule has 0 aliphatic rings. The molecule has 2 aromatic rings. The summed E-state index contributed by atoms with van der Waals surface area (Å²) >= 11 is 6.76. The van der Waals surface area contributed by atoms with Crippen LogP contribution >= 0.6 is 23.6 Å². The van der Waals surface area contributed by atoms with Crippen molar-refractivity contribution in [1.82, 2.24) is 0 Å². The molecular formula is C17H20N2O5S2. The van der Waals surface area contributed by atoms with Gasteiger partial charge in [-0.05, 0) is 25.2 Å². The van der Waals surface area contributed by atoms with Gasteiger partial charge in [0.2, 0.25) is 5.75 Å². The zero-order valence-electron chi connectivity index (χ0n) is 15.1. The minimum atomic E-state index is -0.424. The number of thiophene rings is 1. The van der Waals surface area contributed by atoms with E-state index in [-0.39, 0.29) is 0 Å². The van der Waals surface area contributed by atoms with Crippen LogP contribution in [0.5, 0.6) is 17.2 Å². The lowest BCUT2D eigenvalue weighted by molar-refractivity contribution is 0.0602. The molecule has 0 spiro atoms. The van der Waals surface area contributed by atoms with E-state index >= 15 is 0 Å². The van der Waals surface area contributed by atoms with Gasteiger partial charge in [0.1, 0.15) is 5.00 Å². The quantitative estimate of drug-likeness (QED) is 0.566. The first-order valence-electron chi connectivity index (χ1n) is 7.50. The molecule has 1 aromatic heterocycles. The standard InChI is InChI=1S/C17H20N2O5S2/c1-9-6-11(16(20)24-5)15(26-9)19-17(25)18-10-7-12(21-2)14(23-4)13(8-10)22-3/h6-8H,1-5H3,(H2,18,19,25). The largest absolute Gasteiger partial charge is 0.493 e. The third-order valence-corrected chi connectivity index (χ3v) is 4.58. The average Bonchev–Trinajstić information content (AvgIpc) is 2.99. The smallest absolute Gasteiger partial charge is 0.340 e. The highest BCUT2D eigenvalue weighted by Crippen LogP contribution is 2.40. The van der Waals surface area contributed by atoms with E-state index in [9.17, 15) is 4.79 Å². The molecule has 2 N–H and O–H groups in total. The van der Waals surface area contributed by atoms with E-state index < -0.39 is 5.97 Å². The van der Waals surface area contributed by atoms with Crippen LogP contribution < -0.4 is 24.8 Å². The van der Waals surface area contributed by atoms with Crippen LogP contribution in [0, 0.1) is 6.92 Å². The molecule has 140 valence electrons. The highest BCUT2D eigenvalue weighted by atomic mass is 32.1. The van der Waals surface area contributed by atoms with Crippen molar-refractivity contribution in [2.75, 3.05) is 39.1 Å². The number of carbonyl (C=O) groups is 1. The molecule has 0 saturated heterocycles. The van der Waals surface area contributed by atoms with Gasteiger partial charge < -0.3 is 29.6 Å². The van der Waals surface area contributed by atoms with Crippen LogP contribution in [-0.4, -0.2) is 39.5 Å². The second-order valence-electron chi connectivity index (χ2n) is 5.08. The number of benzene rings is 1. The highest BCUT2D eigenvalue weighted by molar-refractivity contribution is 7.80. The van der Waals surface area contributed by atoms with Crippen LogP contribution in [-0.2, 0) is 4.74 Å². The minimum absolute atomic E-state index is 0.311. The van der Waals surface area contributed by atoms with Crippen molar-refractivity contribution in [2.45, 2.75) is 6.92 Å². The number of ether oxygens (including phenoxy) is 4. The van der Waals surface area contributed by atoms with E-state index in [4.69, 9.17) is 31.2 Å². The Hall–Kier alpha value is -2.52. The van der Waals surface area contributed by atoms with Crippen LogP contribution in [0.15, 0.2) is 18.2 Å². The Morgan fingerprint density at radius 2 is 1.62 bits per heavy atom. The van der Waals surface area contributed by atoms with E-state index in [1.54, 1.807) is 18.2 Å². The second kappa shape index (κ2) is 8.72. The molecule has 9 heteroatoms. The van der Waals surface area contributed by atoms with Crippen molar-refractivity contribution in [2.24, 2.45) is 0 Å². The molecule has 1 aromatic carbocycles. The fourth-order valence-corrected chi connectivity index (χ4v) is 3.48. The number of anilines is 2. The fourth-order valence-electron chi connectivity index (χ4n) is 2.29. The zero-order valence-corrected chi connectivity index (χ0v) is 16.7. The van der Waals surface area contributed by atoms with Crippen molar-refractivity contribution in [3.05, 3.63) is 28.6 Å². The normalized spacial score (nSPS) is 10.0. The van der Waals surface area contributed by atoms with Crippen molar-refractivity contribution in [1.29, 1.82) is 0 Å². The summed E-state index contributed by atoms with van der Waals surface area (Å²) in [5.74, 6) is 1.06. The number of carbonyl (C=O) groups excluding carboxylic acids is 1. The summed E-state index contributed by atoms with van der Waals surface area (Å²) in [6.07, 6.45) is 0. The van der Waals surface area contributed by atoms with E-state index in [1.165, 1.54) is 39.8 Å². The highest BCUT2D eigenvalue weighted by Gasteiger charge is 2.17. The van der Waals surface area contributed by atoms with Gasteiger partial charge in [-0.25, -0.2) is 4.79 Å². The molecule has 0 saturated carbocycles. The minimum Gasteiger partial charge on any atom is -0.493 e. The third kappa shape index (κ3) is 4.36. The molecule has 2 rings (SSSR count). The summed E-state index contributed by atoms with van der Waals surface area (Å²) in [7, 11) is 5.95. The van der Waals surface area contributed by atoms with Crippen LogP contribution in [0.2, 0.25) is 0 Å². The topological polar surface area (TPSA) is 78.1 Å². The number of esters is 1. The third-order valence-electron chi connectivity index (χ3n) is 3.41. The first-order chi connectivity index (χ1) is 12.4. The number of methoxy groups -OCH3 is 4. The van der Waals surface area contributed by atoms with Crippen LogP contribution in [0.1, 0.15) is 15.2 Å². The van der Waals surface area contributed by atoms with E-state index in [0.717, 1.165) is 4.88 Å². The predicted molar refractivity (Wildman–Crippen MR) is 106 cm³/mol. The van der Waals surface area contributed by atoms with Crippen LogP contribution in [0.4, 0.5) is 10.7 Å². The Balaban J connectivity index is 2.22. The fraction of sp³-hybridized carbons (Fsp3) is 0.294. The molecule has 0 bridgehead atoms. The summed E-state index contributed by atoms with van der Waals surface area (Å²) in [6.45, 7) is 1.90. The van der Waals surface area contributed by atoms with Gasteiger partial charge in [-0.1, -0.05) is 0 Å². The Labute approximate surface area is 161 Å². The molecular weight excluding hydrogens is 376 g/mol. The molecule has 0 amide bonds. The Morgan fingerprint density at radius 1 is 1.00 bits per heavy atom. The molecule has 1 heterocycles. The van der Waals surface area contributed by atoms with Gasteiger partial charge in [-0.3, -0.25) is 0 Å². The number of rotatable bonds is 6. The van der Waals surface area contributed by atoms with Gasteiger partial charge in [0, 0.05) is 22.7 Å². The second-order valence-corrected chi connectivity index (χ2v) is 6.75. The summed E-state index contributed by atoms with van der Waals surface area (Å²) in [5, 5.41) is 6.99.